The van der Waals surface area contributed by atoms with Crippen LogP contribution >= 0.6 is 0 Å². The van der Waals surface area contributed by atoms with E-state index in [-0.39, 0.29) is 208 Å². The maximum absolute atomic E-state index is 0. The van der Waals surface area contributed by atoms with Crippen molar-refractivity contribution in [3.8, 4) is 0 Å². The summed E-state index contributed by atoms with van der Waals surface area (Å²) in [4.78, 5) is 0. The molecule has 0 aromatic carbocycles. The molecule has 17 heteroatoms. The van der Waals surface area contributed by atoms with Gasteiger partial charge in [0.15, 0.2) is 0 Å². The van der Waals surface area contributed by atoms with E-state index in [1.54, 1.807) is 0 Å². The molecule has 0 aromatic heterocycles. The zero-order valence-corrected chi connectivity index (χ0v) is 22.3. The SMILES string of the molecule is [In+3].[In+3].[O-2].[O-2].[O-2].[O-2].[O-2].[O-2].[O-2].[O-2].[O-2].[O-2].[O-2].[Ti+4].[Ti+4].[Zr+4].[Zr+4]. The van der Waals surface area contributed by atoms with Gasteiger partial charge in [-0.2, -0.15) is 0 Å². The van der Waals surface area contributed by atoms with E-state index in [1.807, 2.05) is 0 Å². The number of hydrogen-bond acceptors (Lipinski definition) is 0. The summed E-state index contributed by atoms with van der Waals surface area (Å²) in [5.74, 6) is 0. The zero-order valence-electron chi connectivity index (χ0n) is 7.65. The molecular formula is In2O11Ti2Zr2. The van der Waals surface area contributed by atoms with Crippen LogP contribution in [0.3, 0.4) is 0 Å². The van der Waals surface area contributed by atoms with Crippen molar-refractivity contribution in [1.82, 2.24) is 0 Å². The van der Waals surface area contributed by atoms with Crippen LogP contribution < -0.4 is 0 Å². The van der Waals surface area contributed by atoms with E-state index in [2.05, 4.69) is 0 Å². The van der Waals surface area contributed by atoms with E-state index in [4.69, 9.17) is 0 Å². The molecule has 0 unspecified atom stereocenters. The van der Waals surface area contributed by atoms with Gasteiger partial charge in [-0.1, -0.05) is 0 Å². The molecule has 0 aliphatic carbocycles. The molecule has 0 aliphatic heterocycles. The van der Waals surface area contributed by atoms with Crippen molar-refractivity contribution in [1.29, 1.82) is 0 Å². The van der Waals surface area contributed by atoms with Crippen LogP contribution in [-0.2, 0) is 156 Å². The molecule has 0 radical (unpaired) electrons. The summed E-state index contributed by atoms with van der Waals surface area (Å²) in [5, 5.41) is 0. The summed E-state index contributed by atoms with van der Waals surface area (Å²) in [6, 6.07) is 0. The Morgan fingerprint density at radius 3 is 0.235 bits per heavy atom. The van der Waals surface area contributed by atoms with Gasteiger partial charge in [0, 0.05) is 0 Å². The monoisotopic (exact) mass is 681 g/mol. The molecule has 0 rings (SSSR count). The normalized spacial score (nSPS) is 0. The average molecular weight is 684 g/mol. The van der Waals surface area contributed by atoms with E-state index in [0.717, 1.165) is 0 Å². The van der Waals surface area contributed by atoms with Crippen LogP contribution in [0, 0.1) is 0 Å². The van der Waals surface area contributed by atoms with Gasteiger partial charge in [0.1, 0.15) is 0 Å². The molecule has 0 aromatic rings. The standard InChI is InChI=1S/2In.11O.2Ti.2Zr/q2*+3;11*-2;4*+4. The summed E-state index contributed by atoms with van der Waals surface area (Å²) in [6.07, 6.45) is 0. The van der Waals surface area contributed by atoms with Crippen LogP contribution in [0.1, 0.15) is 0 Å². The van der Waals surface area contributed by atoms with Crippen LogP contribution in [-0.4, -0.2) is 51.7 Å². The molecule has 0 amide bonds. The maximum atomic E-state index is 0. The topological polar surface area (TPSA) is 314 Å². The molecule has 0 heterocycles. The Kier molecular flexibility index (Phi) is 10100. The summed E-state index contributed by atoms with van der Waals surface area (Å²) >= 11 is 0. The van der Waals surface area contributed by atoms with Crippen LogP contribution in [0.2, 0.25) is 0 Å². The first-order valence-corrected chi connectivity index (χ1v) is 0. The predicted octanol–water partition coefficient (Wildman–Crippen LogP) is -2.08. The van der Waals surface area contributed by atoms with E-state index in [0.29, 0.717) is 0 Å². The van der Waals surface area contributed by atoms with Crippen LogP contribution in [0.25, 0.3) is 0 Å². The minimum Gasteiger partial charge on any atom is -2.00 e. The molecule has 0 fully saturated rings. The summed E-state index contributed by atoms with van der Waals surface area (Å²) in [5.41, 5.74) is 0. The van der Waals surface area contributed by atoms with Gasteiger partial charge in [-0.25, -0.2) is 0 Å². The Bertz CT molecular complexity index is 25.4. The van der Waals surface area contributed by atoms with Crippen molar-refractivity contribution < 1.29 is 156 Å². The Balaban J connectivity index is 0. The summed E-state index contributed by atoms with van der Waals surface area (Å²) < 4.78 is 0. The molecule has 0 N–H and O–H groups in total. The quantitative estimate of drug-likeness (QED) is 0.248. The van der Waals surface area contributed by atoms with Gasteiger partial charge >= 0.3 is 148 Å². The summed E-state index contributed by atoms with van der Waals surface area (Å²) in [7, 11) is 0. The molecular weight excluding hydrogens is 684 g/mol. The molecule has 0 saturated carbocycles. The Hall–Kier alpha value is 4.50. The van der Waals surface area contributed by atoms with Gasteiger partial charge in [0.2, 0.25) is 0 Å². The third-order valence-corrected chi connectivity index (χ3v) is 0. The van der Waals surface area contributed by atoms with Gasteiger partial charge in [-0.3, -0.25) is 0 Å². The third kappa shape index (κ3) is 347. The minimum atomic E-state index is 0. The first-order chi connectivity index (χ1) is 0. The fraction of sp³-hybridized carbons (Fsp3) is 0. The van der Waals surface area contributed by atoms with Crippen molar-refractivity contribution in [2.45, 2.75) is 0 Å². The van der Waals surface area contributed by atoms with Crippen molar-refractivity contribution in [3.63, 3.8) is 0 Å². The van der Waals surface area contributed by atoms with Gasteiger partial charge in [-0.05, 0) is 0 Å². The van der Waals surface area contributed by atoms with Crippen LogP contribution in [0.5, 0.6) is 0 Å². The first-order valence-electron chi connectivity index (χ1n) is 0. The molecule has 0 atom stereocenters. The van der Waals surface area contributed by atoms with Crippen LogP contribution in [0.4, 0.5) is 0 Å². The molecule has 0 spiro atoms. The largest absolute Gasteiger partial charge is 4.00 e. The van der Waals surface area contributed by atoms with E-state index in [1.165, 1.54) is 0 Å². The second-order valence-electron chi connectivity index (χ2n) is 0. The second kappa shape index (κ2) is 386. The Morgan fingerprint density at radius 2 is 0.235 bits per heavy atom. The van der Waals surface area contributed by atoms with Gasteiger partial charge in [0.05, 0.1) is 0 Å². The predicted molar refractivity (Wildman–Crippen MR) is 19.1 cm³/mol. The first kappa shape index (κ1) is 447. The number of rotatable bonds is 0. The van der Waals surface area contributed by atoms with Crippen molar-refractivity contribution in [2.24, 2.45) is 0 Å². The van der Waals surface area contributed by atoms with Crippen molar-refractivity contribution in [3.05, 3.63) is 0 Å². The molecule has 0 bridgehead atoms. The number of hydrogen-bond donors (Lipinski definition) is 0. The minimum absolute atomic E-state index is 0. The maximum Gasteiger partial charge on any atom is 4.00 e. The summed E-state index contributed by atoms with van der Waals surface area (Å²) in [6.45, 7) is 0. The third-order valence-electron chi connectivity index (χ3n) is 0. The van der Waals surface area contributed by atoms with Gasteiger partial charge in [0.25, 0.3) is 0 Å². The van der Waals surface area contributed by atoms with E-state index in [9.17, 15) is 0 Å². The van der Waals surface area contributed by atoms with E-state index < -0.39 is 0 Å². The van der Waals surface area contributed by atoms with E-state index >= 15 is 0 Å². The average Bonchev–Trinajstić information content (AvgIpc) is 0. The van der Waals surface area contributed by atoms with Crippen LogP contribution in [0.15, 0.2) is 0 Å². The Morgan fingerprint density at radius 1 is 0.235 bits per heavy atom. The molecule has 88 valence electrons. The smallest absolute Gasteiger partial charge is 2.00 e. The van der Waals surface area contributed by atoms with Crippen molar-refractivity contribution >= 4 is 51.7 Å². The second-order valence-corrected chi connectivity index (χ2v) is 0. The molecule has 17 heavy (non-hydrogen) atoms. The molecule has 11 nitrogen and oxygen atoms in total. The molecule has 0 saturated heterocycles. The van der Waals surface area contributed by atoms with Gasteiger partial charge < -0.3 is 60.2 Å². The zero-order chi connectivity index (χ0) is 0. The molecule has 0 aliphatic rings. The van der Waals surface area contributed by atoms with Crippen molar-refractivity contribution in [2.75, 3.05) is 0 Å². The fourth-order valence-corrected chi connectivity index (χ4v) is 0. The van der Waals surface area contributed by atoms with Gasteiger partial charge in [-0.15, -0.1) is 0 Å². The fourth-order valence-electron chi connectivity index (χ4n) is 0. The Labute approximate surface area is 204 Å².